The van der Waals surface area contributed by atoms with Crippen molar-refractivity contribution in [2.45, 2.75) is 32.1 Å². The van der Waals surface area contributed by atoms with Crippen LogP contribution in [0.15, 0.2) is 40.5 Å². The second-order valence-electron chi connectivity index (χ2n) is 8.23. The van der Waals surface area contributed by atoms with Crippen LogP contribution < -0.4 is 21.5 Å². The molecule has 0 unspecified atom stereocenters. The number of fused-ring (bicyclic) bond motifs is 1. The molecule has 2 aromatic heterocycles. The molecule has 0 atom stereocenters. The minimum absolute atomic E-state index is 0.0723. The molecule has 4 amide bonds. The van der Waals surface area contributed by atoms with Crippen molar-refractivity contribution >= 4 is 51.2 Å². The van der Waals surface area contributed by atoms with Gasteiger partial charge in [0.25, 0.3) is 5.56 Å². The van der Waals surface area contributed by atoms with E-state index in [2.05, 4.69) is 25.9 Å². The van der Waals surface area contributed by atoms with Crippen LogP contribution in [0.2, 0.25) is 0 Å². The van der Waals surface area contributed by atoms with Gasteiger partial charge in [0, 0.05) is 16.5 Å². The molecule has 4 N–H and O–H groups in total. The summed E-state index contributed by atoms with van der Waals surface area (Å²) in [7, 11) is 0. The van der Waals surface area contributed by atoms with Crippen molar-refractivity contribution in [2.24, 2.45) is 0 Å². The highest BCUT2D eigenvalue weighted by molar-refractivity contribution is 7.99. The van der Waals surface area contributed by atoms with Crippen molar-refractivity contribution < 1.29 is 14.4 Å². The summed E-state index contributed by atoms with van der Waals surface area (Å²) in [5.74, 6) is -0.0978. The first-order valence-corrected chi connectivity index (χ1v) is 12.2. The largest absolute Gasteiger partial charge is 0.346 e. The van der Waals surface area contributed by atoms with Crippen molar-refractivity contribution in [3.63, 3.8) is 0 Å². The van der Waals surface area contributed by atoms with Gasteiger partial charge in [-0.25, -0.2) is 9.78 Å². The zero-order chi connectivity index (χ0) is 24.0. The van der Waals surface area contributed by atoms with Crippen molar-refractivity contribution in [3.8, 4) is 11.1 Å². The van der Waals surface area contributed by atoms with Crippen LogP contribution in [0.4, 0.5) is 4.79 Å². The topological polar surface area (TPSA) is 133 Å². The van der Waals surface area contributed by atoms with E-state index in [0.29, 0.717) is 21.8 Å². The Morgan fingerprint density at radius 1 is 1.12 bits per heavy atom. The zero-order valence-electron chi connectivity index (χ0n) is 18.5. The van der Waals surface area contributed by atoms with E-state index in [1.165, 1.54) is 23.1 Å². The number of aromatic amines is 1. The number of imide groups is 1. The number of H-pyrrole nitrogens is 1. The van der Waals surface area contributed by atoms with Gasteiger partial charge in [0.1, 0.15) is 10.7 Å². The molecule has 0 aliphatic rings. The summed E-state index contributed by atoms with van der Waals surface area (Å²) < 4.78 is 0. The SMILES string of the molecule is CC(C)(C)NC(=O)NC(=O)CNC(=O)CSCc1nc2scc(-c3ccccc3)c2c(=O)[nH]1. The lowest BCUT2D eigenvalue weighted by Gasteiger charge is -2.20. The molecule has 1 aromatic carbocycles. The standard InChI is InChI=1S/C22H25N5O4S2/c1-22(2,3)27-21(31)26-16(28)9-23-17(29)12-32-11-15-24-19(30)18-14(10-33-20(18)25-15)13-7-5-4-6-8-13/h4-8,10H,9,11-12H2,1-3H3,(H,23,29)(H,24,25,30)(H2,26,27,28,31). The third-order valence-corrected chi connectivity index (χ3v) is 6.05. The summed E-state index contributed by atoms with van der Waals surface area (Å²) in [6.07, 6.45) is 0. The third-order valence-electron chi connectivity index (χ3n) is 4.24. The van der Waals surface area contributed by atoms with Crippen LogP contribution in [0, 0.1) is 0 Å². The van der Waals surface area contributed by atoms with E-state index < -0.39 is 17.5 Å². The van der Waals surface area contributed by atoms with Crippen LogP contribution in [0.1, 0.15) is 26.6 Å². The highest BCUT2D eigenvalue weighted by Gasteiger charge is 2.16. The molecule has 33 heavy (non-hydrogen) atoms. The van der Waals surface area contributed by atoms with E-state index in [-0.39, 0.29) is 23.8 Å². The van der Waals surface area contributed by atoms with Crippen LogP contribution in [0.25, 0.3) is 21.3 Å². The van der Waals surface area contributed by atoms with E-state index >= 15 is 0 Å². The first-order chi connectivity index (χ1) is 15.6. The molecule has 3 rings (SSSR count). The molecule has 0 radical (unpaired) electrons. The Morgan fingerprint density at radius 3 is 2.55 bits per heavy atom. The molecule has 174 valence electrons. The van der Waals surface area contributed by atoms with E-state index in [1.54, 1.807) is 20.8 Å². The number of hydrogen-bond donors (Lipinski definition) is 4. The van der Waals surface area contributed by atoms with Crippen LogP contribution in [0.5, 0.6) is 0 Å². The van der Waals surface area contributed by atoms with Crippen LogP contribution in [-0.2, 0) is 15.3 Å². The number of rotatable bonds is 7. The quantitative estimate of drug-likeness (QED) is 0.405. The van der Waals surface area contributed by atoms with Crippen LogP contribution >= 0.6 is 23.1 Å². The van der Waals surface area contributed by atoms with Gasteiger partial charge in [0.15, 0.2) is 0 Å². The maximum Gasteiger partial charge on any atom is 0.321 e. The van der Waals surface area contributed by atoms with Gasteiger partial charge in [-0.1, -0.05) is 30.3 Å². The molecule has 11 heteroatoms. The molecule has 2 heterocycles. The molecular weight excluding hydrogens is 462 g/mol. The minimum Gasteiger partial charge on any atom is -0.346 e. The molecule has 0 saturated heterocycles. The smallest absolute Gasteiger partial charge is 0.321 e. The van der Waals surface area contributed by atoms with Gasteiger partial charge in [0.2, 0.25) is 11.8 Å². The van der Waals surface area contributed by atoms with Gasteiger partial charge in [-0.2, -0.15) is 0 Å². The Hall–Kier alpha value is -3.18. The fourth-order valence-corrected chi connectivity index (χ4v) is 4.59. The summed E-state index contributed by atoms with van der Waals surface area (Å²) >= 11 is 2.66. The number of amides is 4. The molecule has 9 nitrogen and oxygen atoms in total. The number of aromatic nitrogens is 2. The maximum atomic E-state index is 12.6. The monoisotopic (exact) mass is 487 g/mol. The molecular formula is C22H25N5O4S2. The lowest BCUT2D eigenvalue weighted by molar-refractivity contribution is -0.124. The third kappa shape index (κ3) is 7.16. The first-order valence-electron chi connectivity index (χ1n) is 10.1. The number of hydrogen-bond acceptors (Lipinski definition) is 7. The van der Waals surface area contributed by atoms with E-state index in [1.807, 2.05) is 35.7 Å². The molecule has 0 spiro atoms. The highest BCUT2D eigenvalue weighted by atomic mass is 32.2. The summed E-state index contributed by atoms with van der Waals surface area (Å²) in [5, 5.41) is 9.68. The molecule has 0 fully saturated rings. The number of carbonyl (C=O) groups is 3. The Labute approximate surface area is 198 Å². The maximum absolute atomic E-state index is 12.6. The van der Waals surface area contributed by atoms with Crippen LogP contribution in [-0.4, -0.2) is 45.6 Å². The second-order valence-corrected chi connectivity index (χ2v) is 10.1. The van der Waals surface area contributed by atoms with Gasteiger partial charge in [-0.15, -0.1) is 23.1 Å². The van der Waals surface area contributed by atoms with Gasteiger partial charge >= 0.3 is 6.03 Å². The van der Waals surface area contributed by atoms with Crippen molar-refractivity contribution in [1.82, 2.24) is 25.9 Å². The van der Waals surface area contributed by atoms with Crippen molar-refractivity contribution in [2.75, 3.05) is 12.3 Å². The molecule has 0 aliphatic heterocycles. The van der Waals surface area contributed by atoms with Crippen molar-refractivity contribution in [3.05, 3.63) is 51.9 Å². The Balaban J connectivity index is 1.49. The molecule has 0 aliphatic carbocycles. The zero-order valence-corrected chi connectivity index (χ0v) is 20.1. The van der Waals surface area contributed by atoms with E-state index in [0.717, 1.165) is 11.1 Å². The molecule has 3 aromatic rings. The lowest BCUT2D eigenvalue weighted by Crippen LogP contribution is -2.50. The fourth-order valence-electron chi connectivity index (χ4n) is 2.90. The predicted octanol–water partition coefficient (Wildman–Crippen LogP) is 2.63. The summed E-state index contributed by atoms with van der Waals surface area (Å²) in [6, 6.07) is 9.02. The minimum atomic E-state index is -0.620. The Kier molecular flexibility index (Phi) is 7.88. The average molecular weight is 488 g/mol. The molecule has 0 saturated carbocycles. The van der Waals surface area contributed by atoms with Gasteiger partial charge in [-0.3, -0.25) is 19.7 Å². The number of nitrogens with one attached hydrogen (secondary N) is 4. The average Bonchev–Trinajstić information content (AvgIpc) is 3.16. The normalized spacial score (nSPS) is 11.2. The number of carbonyl (C=O) groups excluding carboxylic acids is 3. The highest BCUT2D eigenvalue weighted by Crippen LogP contribution is 2.30. The molecule has 0 bridgehead atoms. The van der Waals surface area contributed by atoms with Gasteiger partial charge in [-0.05, 0) is 26.3 Å². The number of thiophene rings is 1. The van der Waals surface area contributed by atoms with E-state index in [9.17, 15) is 19.2 Å². The first kappa shape index (κ1) is 24.5. The summed E-state index contributed by atoms with van der Waals surface area (Å²) in [4.78, 5) is 56.0. The number of nitrogens with zero attached hydrogens (tertiary/aromatic N) is 1. The Morgan fingerprint density at radius 2 is 1.85 bits per heavy atom. The lowest BCUT2D eigenvalue weighted by atomic mass is 10.1. The summed E-state index contributed by atoms with van der Waals surface area (Å²) in [5.41, 5.74) is 1.10. The fraction of sp³-hybridized carbons (Fsp3) is 0.318. The van der Waals surface area contributed by atoms with Crippen LogP contribution in [0.3, 0.4) is 0 Å². The summed E-state index contributed by atoms with van der Waals surface area (Å²) in [6.45, 7) is 5.05. The van der Waals surface area contributed by atoms with Gasteiger partial charge < -0.3 is 15.6 Å². The number of benzene rings is 1. The number of urea groups is 1. The second kappa shape index (κ2) is 10.6. The van der Waals surface area contributed by atoms with Gasteiger partial charge in [0.05, 0.1) is 23.4 Å². The Bertz CT molecular complexity index is 1210. The number of thioether (sulfide) groups is 1. The van der Waals surface area contributed by atoms with Crippen molar-refractivity contribution in [1.29, 1.82) is 0 Å². The predicted molar refractivity (Wildman–Crippen MR) is 131 cm³/mol. The van der Waals surface area contributed by atoms with E-state index in [4.69, 9.17) is 0 Å².